The summed E-state index contributed by atoms with van der Waals surface area (Å²) >= 11 is 0. The third-order valence-electron chi connectivity index (χ3n) is 4.01. The molecular formula is C18H26N2O4S. The van der Waals surface area contributed by atoms with Crippen LogP contribution in [0.2, 0.25) is 0 Å². The molecule has 6 nitrogen and oxygen atoms in total. The number of hydrogen-bond donors (Lipinski definition) is 1. The summed E-state index contributed by atoms with van der Waals surface area (Å²) in [5.41, 5.74) is 0.286. The topological polar surface area (TPSA) is 75.7 Å². The van der Waals surface area contributed by atoms with E-state index < -0.39 is 15.4 Å². The molecule has 1 amide bonds. The zero-order chi connectivity index (χ0) is 18.7. The summed E-state index contributed by atoms with van der Waals surface area (Å²) in [4.78, 5) is 14.4. The monoisotopic (exact) mass is 366 g/mol. The third kappa shape index (κ3) is 4.54. The number of hydrogen-bond acceptors (Lipinski definition) is 4. The lowest BCUT2D eigenvalue weighted by Gasteiger charge is -2.27. The van der Waals surface area contributed by atoms with Crippen LogP contribution in [0, 0.1) is 5.41 Å². The summed E-state index contributed by atoms with van der Waals surface area (Å²) < 4.78 is 32.6. The summed E-state index contributed by atoms with van der Waals surface area (Å²) in [7, 11) is -3.41. The van der Waals surface area contributed by atoms with Gasteiger partial charge in [0.05, 0.1) is 22.5 Å². The number of carbonyl (C=O) groups is 1. The van der Waals surface area contributed by atoms with Gasteiger partial charge in [-0.25, -0.2) is 8.42 Å². The molecule has 0 spiro atoms. The van der Waals surface area contributed by atoms with Gasteiger partial charge in [0.15, 0.2) is 0 Å². The highest BCUT2D eigenvalue weighted by atomic mass is 32.2. The number of nitrogens with zero attached hydrogens (tertiary/aromatic N) is 1. The van der Waals surface area contributed by atoms with Crippen LogP contribution in [-0.2, 0) is 14.8 Å². The smallest absolute Gasteiger partial charge is 0.236 e. The Labute approximate surface area is 149 Å². The molecule has 1 aliphatic heterocycles. The Balaban J connectivity index is 2.38. The van der Waals surface area contributed by atoms with Crippen LogP contribution in [-0.4, -0.2) is 33.2 Å². The van der Waals surface area contributed by atoms with Gasteiger partial charge in [-0.05, 0) is 38.5 Å². The fourth-order valence-electron chi connectivity index (χ4n) is 2.58. The molecule has 0 atom stereocenters. The molecule has 0 unspecified atom stereocenters. The van der Waals surface area contributed by atoms with E-state index >= 15 is 0 Å². The van der Waals surface area contributed by atoms with Crippen molar-refractivity contribution in [2.75, 3.05) is 28.5 Å². The van der Waals surface area contributed by atoms with E-state index in [9.17, 15) is 13.2 Å². The maximum absolute atomic E-state index is 12.8. The molecule has 25 heavy (non-hydrogen) atoms. The largest absolute Gasteiger partial charge is 0.490 e. The van der Waals surface area contributed by atoms with Crippen LogP contribution in [0.4, 0.5) is 11.4 Å². The normalized spacial score (nSPS) is 16.6. The van der Waals surface area contributed by atoms with Gasteiger partial charge in [0.2, 0.25) is 15.9 Å². The van der Waals surface area contributed by atoms with Crippen LogP contribution >= 0.6 is 0 Å². The summed E-state index contributed by atoms with van der Waals surface area (Å²) in [5.74, 6) is 0.536. The molecule has 1 N–H and O–H groups in total. The van der Waals surface area contributed by atoms with Gasteiger partial charge in [-0.2, -0.15) is 0 Å². The van der Waals surface area contributed by atoms with Gasteiger partial charge in [-0.15, -0.1) is 6.58 Å². The second-order valence-corrected chi connectivity index (χ2v) is 8.68. The van der Waals surface area contributed by atoms with Crippen molar-refractivity contribution < 1.29 is 17.9 Å². The second-order valence-electron chi connectivity index (χ2n) is 6.83. The molecule has 2 rings (SSSR count). The predicted octanol–water partition coefficient (Wildman–Crippen LogP) is 3.17. The number of carbonyl (C=O) groups excluding carboxylic acids is 1. The fraction of sp³-hybridized carbons (Fsp3) is 0.500. The predicted molar refractivity (Wildman–Crippen MR) is 101 cm³/mol. The van der Waals surface area contributed by atoms with Crippen LogP contribution in [0.25, 0.3) is 0 Å². The fourth-order valence-corrected chi connectivity index (χ4v) is 3.84. The Kier molecular flexibility index (Phi) is 5.77. The molecule has 0 aromatic heterocycles. The minimum atomic E-state index is -3.41. The highest BCUT2D eigenvalue weighted by molar-refractivity contribution is 7.92. The van der Waals surface area contributed by atoms with Crippen LogP contribution in [0.15, 0.2) is 30.9 Å². The zero-order valence-corrected chi connectivity index (χ0v) is 15.9. The second kappa shape index (κ2) is 7.47. The van der Waals surface area contributed by atoms with Crippen molar-refractivity contribution in [3.05, 3.63) is 30.9 Å². The maximum Gasteiger partial charge on any atom is 0.236 e. The van der Waals surface area contributed by atoms with Gasteiger partial charge in [0, 0.05) is 6.54 Å². The Morgan fingerprint density at radius 3 is 2.76 bits per heavy atom. The molecule has 0 fully saturated rings. The number of rotatable bonds is 7. The number of nitrogens with one attached hydrogen (secondary N) is 1. The number of ether oxygens (including phenoxy) is 1. The van der Waals surface area contributed by atoms with E-state index in [1.165, 1.54) is 0 Å². The minimum absolute atomic E-state index is 0.0689. The van der Waals surface area contributed by atoms with Crippen molar-refractivity contribution in [3.63, 3.8) is 0 Å². The molecule has 0 aliphatic carbocycles. The highest BCUT2D eigenvalue weighted by Crippen LogP contribution is 2.38. The van der Waals surface area contributed by atoms with E-state index in [1.807, 2.05) is 20.8 Å². The van der Waals surface area contributed by atoms with Gasteiger partial charge in [0.25, 0.3) is 0 Å². The number of sulfonamides is 1. The van der Waals surface area contributed by atoms with Gasteiger partial charge >= 0.3 is 0 Å². The molecule has 1 aromatic rings. The standard InChI is InChI=1S/C18H26N2O4S/c1-5-7-11-25(22,23)19-14-8-9-16-15(12-14)20(10-6-2)17(21)18(3,4)13-24-16/h6,8-9,12,19H,2,5,7,10-11,13H2,1,3-4H3. The SMILES string of the molecule is C=CCN1C(=O)C(C)(C)COc2ccc(NS(=O)(=O)CCCC)cc21. The summed E-state index contributed by atoms with van der Waals surface area (Å²) in [5, 5.41) is 0. The van der Waals surface area contributed by atoms with Crippen molar-refractivity contribution in [2.24, 2.45) is 5.41 Å². The maximum atomic E-state index is 12.8. The lowest BCUT2D eigenvalue weighted by atomic mass is 9.93. The van der Waals surface area contributed by atoms with E-state index in [2.05, 4.69) is 11.3 Å². The lowest BCUT2D eigenvalue weighted by Crippen LogP contribution is -2.42. The van der Waals surface area contributed by atoms with Gasteiger partial charge in [-0.1, -0.05) is 19.4 Å². The summed E-state index contributed by atoms with van der Waals surface area (Å²) in [6.07, 6.45) is 3.04. The Morgan fingerprint density at radius 2 is 2.12 bits per heavy atom. The van der Waals surface area contributed by atoms with Crippen molar-refractivity contribution in [2.45, 2.75) is 33.6 Å². The van der Waals surface area contributed by atoms with Crippen molar-refractivity contribution in [1.29, 1.82) is 0 Å². The Bertz CT molecular complexity index is 756. The lowest BCUT2D eigenvalue weighted by molar-refractivity contribution is -0.127. The number of anilines is 2. The first-order valence-corrected chi connectivity index (χ1v) is 10.1. The molecule has 0 saturated carbocycles. The van der Waals surface area contributed by atoms with E-state index in [-0.39, 0.29) is 18.3 Å². The number of amides is 1. The van der Waals surface area contributed by atoms with Crippen LogP contribution in [0.3, 0.4) is 0 Å². The minimum Gasteiger partial charge on any atom is -0.490 e. The molecule has 7 heteroatoms. The van der Waals surface area contributed by atoms with Gasteiger partial charge in [-0.3, -0.25) is 9.52 Å². The van der Waals surface area contributed by atoms with Crippen molar-refractivity contribution >= 4 is 27.3 Å². The molecule has 0 radical (unpaired) electrons. The molecule has 0 bridgehead atoms. The van der Waals surface area contributed by atoms with Crippen LogP contribution in [0.1, 0.15) is 33.6 Å². The van der Waals surface area contributed by atoms with Gasteiger partial charge < -0.3 is 9.64 Å². The Morgan fingerprint density at radius 1 is 1.40 bits per heavy atom. The average molecular weight is 366 g/mol. The zero-order valence-electron chi connectivity index (χ0n) is 15.0. The van der Waals surface area contributed by atoms with E-state index in [4.69, 9.17) is 4.74 Å². The first kappa shape index (κ1) is 19.3. The number of fused-ring (bicyclic) bond motifs is 1. The number of benzene rings is 1. The molecule has 1 aliphatic rings. The summed E-state index contributed by atoms with van der Waals surface area (Å²) in [6.45, 7) is 9.88. The summed E-state index contributed by atoms with van der Waals surface area (Å²) in [6, 6.07) is 4.98. The molecule has 0 saturated heterocycles. The first-order chi connectivity index (χ1) is 11.7. The molecular weight excluding hydrogens is 340 g/mol. The van der Waals surface area contributed by atoms with Crippen molar-refractivity contribution in [3.8, 4) is 5.75 Å². The molecule has 138 valence electrons. The first-order valence-electron chi connectivity index (χ1n) is 8.40. The van der Waals surface area contributed by atoms with Crippen molar-refractivity contribution in [1.82, 2.24) is 0 Å². The van der Waals surface area contributed by atoms with E-state index in [1.54, 1.807) is 29.2 Å². The number of unbranched alkanes of at least 4 members (excludes halogenated alkanes) is 1. The van der Waals surface area contributed by atoms with E-state index in [0.29, 0.717) is 30.1 Å². The van der Waals surface area contributed by atoms with E-state index in [0.717, 1.165) is 6.42 Å². The molecule has 1 heterocycles. The van der Waals surface area contributed by atoms with Gasteiger partial charge in [0.1, 0.15) is 12.4 Å². The average Bonchev–Trinajstić information content (AvgIpc) is 2.63. The molecule has 1 aromatic carbocycles. The highest BCUT2D eigenvalue weighted by Gasteiger charge is 2.37. The quantitative estimate of drug-likeness (QED) is 0.752. The third-order valence-corrected chi connectivity index (χ3v) is 5.39. The van der Waals surface area contributed by atoms with Crippen LogP contribution in [0.5, 0.6) is 5.75 Å². The van der Waals surface area contributed by atoms with Crippen LogP contribution < -0.4 is 14.4 Å². The Hall–Kier alpha value is -2.02.